The molecule has 3 aromatic carbocycles. The van der Waals surface area contributed by atoms with Gasteiger partial charge >= 0.3 is 6.18 Å². The highest BCUT2D eigenvalue weighted by molar-refractivity contribution is 8.04. The second-order valence-corrected chi connectivity index (χ2v) is 11.3. The van der Waals surface area contributed by atoms with E-state index in [0.717, 1.165) is 61.9 Å². The Labute approximate surface area is 246 Å². The van der Waals surface area contributed by atoms with Crippen molar-refractivity contribution in [2.24, 2.45) is 0 Å². The topological polar surface area (TPSA) is 55.9 Å². The monoisotopic (exact) mass is 598 g/mol. The summed E-state index contributed by atoms with van der Waals surface area (Å²) in [5.74, 6) is -0.768. The van der Waals surface area contributed by atoms with E-state index in [1.807, 2.05) is 0 Å². The van der Waals surface area contributed by atoms with Crippen LogP contribution in [0.15, 0.2) is 76.5 Å². The third-order valence-electron chi connectivity index (χ3n) is 7.35. The van der Waals surface area contributed by atoms with Crippen LogP contribution in [0, 0.1) is 5.82 Å². The van der Waals surface area contributed by atoms with Gasteiger partial charge in [0.2, 0.25) is 0 Å². The number of thioether (sulfide) groups is 1. The van der Waals surface area contributed by atoms with Gasteiger partial charge in [-0.1, -0.05) is 23.9 Å². The van der Waals surface area contributed by atoms with Crippen molar-refractivity contribution in [3.63, 3.8) is 0 Å². The van der Waals surface area contributed by atoms with Crippen molar-refractivity contribution in [1.82, 2.24) is 10.2 Å². The molecule has 220 valence electrons. The average molecular weight is 599 g/mol. The number of fused-ring (bicyclic) bond motifs is 1. The van der Waals surface area contributed by atoms with Crippen LogP contribution >= 0.6 is 11.8 Å². The van der Waals surface area contributed by atoms with Crippen LogP contribution in [0.25, 0.3) is 6.08 Å². The Morgan fingerprint density at radius 2 is 1.67 bits per heavy atom. The average Bonchev–Trinajstić information content (AvgIpc) is 2.98. The summed E-state index contributed by atoms with van der Waals surface area (Å²) in [4.78, 5) is 33.0. The Morgan fingerprint density at radius 3 is 2.33 bits per heavy atom. The first-order valence-electron chi connectivity index (χ1n) is 13.6. The number of carbonyl (C=O) groups is 2. The van der Waals surface area contributed by atoms with Gasteiger partial charge in [0.1, 0.15) is 5.82 Å². The third-order valence-corrected chi connectivity index (χ3v) is 8.43. The summed E-state index contributed by atoms with van der Waals surface area (Å²) in [7, 11) is 1.61. The molecule has 0 unspecified atom stereocenters. The summed E-state index contributed by atoms with van der Waals surface area (Å²) in [6.07, 6.45) is -2.07. The van der Waals surface area contributed by atoms with Crippen LogP contribution in [0.3, 0.4) is 0 Å². The molecule has 2 aliphatic heterocycles. The van der Waals surface area contributed by atoms with Crippen molar-refractivity contribution in [2.75, 3.05) is 56.1 Å². The fourth-order valence-corrected chi connectivity index (χ4v) is 6.04. The minimum atomic E-state index is -4.42. The number of halogens is 4. The number of anilines is 2. The molecule has 0 spiro atoms. The number of benzene rings is 3. The molecule has 0 atom stereocenters. The number of rotatable bonds is 7. The minimum absolute atomic E-state index is 0.226. The molecule has 2 amide bonds. The Hall–Kier alpha value is -3.83. The number of alkyl halides is 3. The van der Waals surface area contributed by atoms with Gasteiger partial charge in [-0.25, -0.2) is 4.39 Å². The lowest BCUT2D eigenvalue weighted by Crippen LogP contribution is -2.47. The molecule has 0 aliphatic carbocycles. The van der Waals surface area contributed by atoms with Crippen LogP contribution in [0.5, 0.6) is 0 Å². The van der Waals surface area contributed by atoms with E-state index in [9.17, 15) is 27.2 Å². The molecule has 1 saturated heterocycles. The standard InChI is InChI=1S/C31H30F4N4O2S/c1-37-26-20-22(5-12-27(26)42-28(30(37)41)19-21-3-6-23(7-4-21)31(33,34)35)29(40)36-13-2-14-38-15-17-39(18-16-38)25-10-8-24(32)9-11-25/h3-12,19-20H,2,13-18H2,1H3,(H,36,40)/b28-19-. The first-order chi connectivity index (χ1) is 20.1. The number of nitrogens with zero attached hydrogens (tertiary/aromatic N) is 3. The molecule has 0 saturated carbocycles. The number of piperazine rings is 1. The van der Waals surface area contributed by atoms with Crippen LogP contribution in [-0.4, -0.2) is 63.0 Å². The number of hydrogen-bond acceptors (Lipinski definition) is 5. The predicted octanol–water partition coefficient (Wildman–Crippen LogP) is 5.90. The fourth-order valence-electron chi connectivity index (χ4n) is 4.94. The zero-order chi connectivity index (χ0) is 29.9. The molecule has 6 nitrogen and oxygen atoms in total. The van der Waals surface area contributed by atoms with Gasteiger partial charge < -0.3 is 15.1 Å². The zero-order valence-electron chi connectivity index (χ0n) is 23.0. The van der Waals surface area contributed by atoms with Crippen LogP contribution < -0.4 is 15.1 Å². The molecule has 11 heteroatoms. The zero-order valence-corrected chi connectivity index (χ0v) is 23.8. The quantitative estimate of drug-likeness (QED) is 0.209. The van der Waals surface area contributed by atoms with Gasteiger partial charge in [-0.05, 0) is 79.2 Å². The molecule has 1 fully saturated rings. The van der Waals surface area contributed by atoms with Gasteiger partial charge in [-0.15, -0.1) is 0 Å². The van der Waals surface area contributed by atoms with Crippen molar-refractivity contribution < 1.29 is 27.2 Å². The largest absolute Gasteiger partial charge is 0.416 e. The highest BCUT2D eigenvalue weighted by atomic mass is 32.2. The molecule has 0 radical (unpaired) electrons. The van der Waals surface area contributed by atoms with Crippen LogP contribution in [0.1, 0.15) is 27.9 Å². The van der Waals surface area contributed by atoms with Gasteiger partial charge in [0.15, 0.2) is 0 Å². The first kappa shape index (κ1) is 29.7. The van der Waals surface area contributed by atoms with E-state index >= 15 is 0 Å². The Kier molecular flexibility index (Phi) is 8.88. The third kappa shape index (κ3) is 6.96. The SMILES string of the molecule is CN1C(=O)/C(=C/c2ccc(C(F)(F)F)cc2)Sc2ccc(C(=O)NCCCN3CCN(c4ccc(F)cc4)CC3)cc21. The predicted molar refractivity (Wildman–Crippen MR) is 157 cm³/mol. The van der Waals surface area contributed by atoms with E-state index < -0.39 is 11.7 Å². The van der Waals surface area contributed by atoms with Crippen molar-refractivity contribution >= 4 is 41.0 Å². The van der Waals surface area contributed by atoms with E-state index in [4.69, 9.17) is 0 Å². The first-order valence-corrected chi connectivity index (χ1v) is 14.4. The molecule has 0 bridgehead atoms. The molecular weight excluding hydrogens is 568 g/mol. The lowest BCUT2D eigenvalue weighted by Gasteiger charge is -2.36. The summed E-state index contributed by atoms with van der Waals surface area (Å²) in [6, 6.07) is 16.4. The van der Waals surface area contributed by atoms with E-state index in [2.05, 4.69) is 15.1 Å². The van der Waals surface area contributed by atoms with Gasteiger partial charge in [0, 0.05) is 55.9 Å². The maximum atomic E-state index is 13.2. The molecule has 5 rings (SSSR count). The fraction of sp³-hybridized carbons (Fsp3) is 0.290. The van der Waals surface area contributed by atoms with Crippen molar-refractivity contribution in [1.29, 1.82) is 0 Å². The van der Waals surface area contributed by atoms with E-state index in [1.165, 1.54) is 40.9 Å². The van der Waals surface area contributed by atoms with Crippen LogP contribution in [-0.2, 0) is 11.0 Å². The Morgan fingerprint density at radius 1 is 0.976 bits per heavy atom. The Balaban J connectivity index is 1.12. The highest BCUT2D eigenvalue weighted by Gasteiger charge is 2.30. The maximum Gasteiger partial charge on any atom is 0.416 e. The summed E-state index contributed by atoms with van der Waals surface area (Å²) in [6.45, 7) is 4.87. The number of hydrogen-bond donors (Lipinski definition) is 1. The molecule has 0 aromatic heterocycles. The number of amides is 2. The van der Waals surface area contributed by atoms with Gasteiger partial charge in [-0.3, -0.25) is 14.5 Å². The van der Waals surface area contributed by atoms with E-state index in [0.29, 0.717) is 28.3 Å². The van der Waals surface area contributed by atoms with Crippen LogP contribution in [0.2, 0.25) is 0 Å². The summed E-state index contributed by atoms with van der Waals surface area (Å²) in [5, 5.41) is 2.95. The minimum Gasteiger partial charge on any atom is -0.369 e. The Bertz CT molecular complexity index is 1470. The van der Waals surface area contributed by atoms with Gasteiger partial charge in [0.25, 0.3) is 11.8 Å². The number of nitrogens with one attached hydrogen (secondary N) is 1. The smallest absolute Gasteiger partial charge is 0.369 e. The molecule has 2 heterocycles. The summed E-state index contributed by atoms with van der Waals surface area (Å²) in [5.41, 5.74) is 1.80. The van der Waals surface area contributed by atoms with Crippen molar-refractivity contribution in [3.8, 4) is 0 Å². The van der Waals surface area contributed by atoms with E-state index in [-0.39, 0.29) is 17.6 Å². The number of carbonyl (C=O) groups excluding carboxylic acids is 2. The highest BCUT2D eigenvalue weighted by Crippen LogP contribution is 2.42. The molecule has 42 heavy (non-hydrogen) atoms. The molecular formula is C31H30F4N4O2S. The van der Waals surface area contributed by atoms with Gasteiger partial charge in [0.05, 0.1) is 16.2 Å². The molecule has 2 aliphatic rings. The second kappa shape index (κ2) is 12.6. The normalized spacial score (nSPS) is 17.0. The second-order valence-electron chi connectivity index (χ2n) is 10.2. The summed E-state index contributed by atoms with van der Waals surface area (Å²) >= 11 is 1.22. The molecule has 3 aromatic rings. The lowest BCUT2D eigenvalue weighted by molar-refractivity contribution is -0.137. The van der Waals surface area contributed by atoms with Crippen LogP contribution in [0.4, 0.5) is 28.9 Å². The van der Waals surface area contributed by atoms with Crippen molar-refractivity contribution in [3.05, 3.63) is 94.1 Å². The maximum absolute atomic E-state index is 13.2. The molecule has 1 N–H and O–H groups in total. The van der Waals surface area contributed by atoms with E-state index in [1.54, 1.807) is 43.5 Å². The van der Waals surface area contributed by atoms with Crippen molar-refractivity contribution in [2.45, 2.75) is 17.5 Å². The van der Waals surface area contributed by atoms with Gasteiger partial charge in [-0.2, -0.15) is 13.2 Å². The number of likely N-dealkylation sites (N-methyl/N-ethyl adjacent to an activating group) is 1. The summed E-state index contributed by atoms with van der Waals surface area (Å²) < 4.78 is 51.8. The lowest BCUT2D eigenvalue weighted by atomic mass is 10.1.